The number of rotatable bonds is 4. The summed E-state index contributed by atoms with van der Waals surface area (Å²) in [4.78, 5) is 14.1. The predicted octanol–water partition coefficient (Wildman–Crippen LogP) is 3.46. The van der Waals surface area contributed by atoms with Gasteiger partial charge in [-0.2, -0.15) is 5.10 Å². The molecule has 1 amide bonds. The van der Waals surface area contributed by atoms with Crippen LogP contribution >= 0.6 is 11.3 Å². The third kappa shape index (κ3) is 2.83. The van der Waals surface area contributed by atoms with E-state index in [0.29, 0.717) is 6.42 Å². The highest BCUT2D eigenvalue weighted by molar-refractivity contribution is 7.12. The molecule has 27 heavy (non-hydrogen) atoms. The number of nitrogens with zero attached hydrogens (tertiary/aromatic N) is 5. The van der Waals surface area contributed by atoms with Crippen LogP contribution in [-0.2, 0) is 11.3 Å². The quantitative estimate of drug-likeness (QED) is 0.546. The predicted molar refractivity (Wildman–Crippen MR) is 101 cm³/mol. The Balaban J connectivity index is 1.47. The third-order valence-electron chi connectivity index (χ3n) is 4.55. The number of carbonyl (C=O) groups excluding carboxylic acids is 1. The molecule has 0 spiro atoms. The Labute approximate surface area is 158 Å². The van der Waals surface area contributed by atoms with Crippen molar-refractivity contribution in [1.29, 1.82) is 0 Å². The zero-order valence-electron chi connectivity index (χ0n) is 14.2. The van der Waals surface area contributed by atoms with Gasteiger partial charge < -0.3 is 4.42 Å². The molecule has 0 fully saturated rings. The Morgan fingerprint density at radius 2 is 2.11 bits per heavy atom. The van der Waals surface area contributed by atoms with E-state index < -0.39 is 0 Å². The Kier molecular flexibility index (Phi) is 3.83. The third-order valence-corrected chi connectivity index (χ3v) is 5.47. The molecule has 0 unspecified atom stereocenters. The fourth-order valence-corrected chi connectivity index (χ4v) is 3.99. The number of aromatic nitrogens is 3. The van der Waals surface area contributed by atoms with E-state index in [1.807, 2.05) is 53.9 Å². The van der Waals surface area contributed by atoms with Gasteiger partial charge in [-0.15, -0.1) is 16.4 Å². The molecule has 0 bridgehead atoms. The van der Waals surface area contributed by atoms with Crippen molar-refractivity contribution in [2.75, 3.05) is 0 Å². The summed E-state index contributed by atoms with van der Waals surface area (Å²) in [7, 11) is 0. The molecule has 0 saturated carbocycles. The highest BCUT2D eigenvalue weighted by Crippen LogP contribution is 2.34. The fraction of sp³-hybridized carbons (Fsp3) is 0.158. The van der Waals surface area contributed by atoms with Crippen molar-refractivity contribution in [3.8, 4) is 0 Å². The number of thiophene rings is 1. The van der Waals surface area contributed by atoms with Crippen molar-refractivity contribution in [2.45, 2.75) is 19.0 Å². The average Bonchev–Trinajstić information content (AvgIpc) is 3.47. The molecule has 0 aliphatic carbocycles. The SMILES string of the molecule is O=C(Cn1nnc2ccccc21)N1N=C(c2cccs2)C[C@H]1c1ccco1. The summed E-state index contributed by atoms with van der Waals surface area (Å²) >= 11 is 1.61. The number of benzene rings is 1. The number of hydrogen-bond donors (Lipinski definition) is 0. The van der Waals surface area contributed by atoms with E-state index in [0.717, 1.165) is 27.4 Å². The Hall–Kier alpha value is -3.26. The van der Waals surface area contributed by atoms with Crippen LogP contribution in [0, 0.1) is 0 Å². The van der Waals surface area contributed by atoms with Gasteiger partial charge in [-0.25, -0.2) is 9.69 Å². The standard InChI is InChI=1S/C19H15N5O2S/c25-19(12-23-15-6-2-1-5-13(15)20-22-23)24-16(17-7-3-9-26-17)11-14(21-24)18-8-4-10-27-18/h1-10,16H,11-12H2/t16-/m0/s1. The Morgan fingerprint density at radius 1 is 1.19 bits per heavy atom. The summed E-state index contributed by atoms with van der Waals surface area (Å²) in [5.41, 5.74) is 2.47. The van der Waals surface area contributed by atoms with Gasteiger partial charge in [0, 0.05) is 6.42 Å². The van der Waals surface area contributed by atoms with Gasteiger partial charge in [-0.05, 0) is 35.7 Å². The highest BCUT2D eigenvalue weighted by atomic mass is 32.1. The van der Waals surface area contributed by atoms with Crippen LogP contribution < -0.4 is 0 Å². The zero-order valence-corrected chi connectivity index (χ0v) is 15.0. The maximum Gasteiger partial charge on any atom is 0.265 e. The molecule has 1 aliphatic rings. The first-order valence-corrected chi connectivity index (χ1v) is 9.42. The van der Waals surface area contributed by atoms with Crippen LogP contribution in [0.5, 0.6) is 0 Å². The molecule has 0 saturated heterocycles. The van der Waals surface area contributed by atoms with Crippen molar-refractivity contribution in [3.05, 3.63) is 70.8 Å². The van der Waals surface area contributed by atoms with Gasteiger partial charge in [0.1, 0.15) is 23.9 Å². The summed E-state index contributed by atoms with van der Waals surface area (Å²) < 4.78 is 7.18. The maximum atomic E-state index is 13.1. The van der Waals surface area contributed by atoms with E-state index in [2.05, 4.69) is 15.4 Å². The van der Waals surface area contributed by atoms with Crippen molar-refractivity contribution < 1.29 is 9.21 Å². The summed E-state index contributed by atoms with van der Waals surface area (Å²) in [5.74, 6) is 0.570. The van der Waals surface area contributed by atoms with Crippen LogP contribution in [0.4, 0.5) is 0 Å². The molecule has 4 aromatic rings. The lowest BCUT2D eigenvalue weighted by Crippen LogP contribution is -2.30. The van der Waals surface area contributed by atoms with Crippen LogP contribution in [-0.4, -0.2) is 31.6 Å². The molecule has 1 aliphatic heterocycles. The topological polar surface area (TPSA) is 76.5 Å². The van der Waals surface area contributed by atoms with Crippen LogP contribution in [0.3, 0.4) is 0 Å². The second-order valence-corrected chi connectivity index (χ2v) is 7.18. The van der Waals surface area contributed by atoms with E-state index in [1.165, 1.54) is 5.01 Å². The van der Waals surface area contributed by atoms with Crippen LogP contribution in [0.25, 0.3) is 11.0 Å². The normalized spacial score (nSPS) is 16.8. The molecular formula is C19H15N5O2S. The number of furan rings is 1. The summed E-state index contributed by atoms with van der Waals surface area (Å²) in [5, 5.41) is 16.4. The van der Waals surface area contributed by atoms with Gasteiger partial charge in [0.25, 0.3) is 5.91 Å². The number of hydrogen-bond acceptors (Lipinski definition) is 6. The van der Waals surface area contributed by atoms with Gasteiger partial charge in [0.2, 0.25) is 0 Å². The first-order chi connectivity index (χ1) is 13.3. The molecule has 0 N–H and O–H groups in total. The molecule has 1 aromatic carbocycles. The summed E-state index contributed by atoms with van der Waals surface area (Å²) in [6.45, 7) is 0.0684. The number of para-hydroxylation sites is 1. The lowest BCUT2D eigenvalue weighted by Gasteiger charge is -2.19. The highest BCUT2D eigenvalue weighted by Gasteiger charge is 2.35. The van der Waals surface area contributed by atoms with Gasteiger partial charge in [-0.3, -0.25) is 4.79 Å². The average molecular weight is 377 g/mol. The molecule has 1 atom stereocenters. The van der Waals surface area contributed by atoms with E-state index in [1.54, 1.807) is 22.3 Å². The minimum Gasteiger partial charge on any atom is -0.467 e. The fourth-order valence-electron chi connectivity index (χ4n) is 3.27. The number of amides is 1. The lowest BCUT2D eigenvalue weighted by molar-refractivity contribution is -0.134. The largest absolute Gasteiger partial charge is 0.467 e. The van der Waals surface area contributed by atoms with Crippen molar-refractivity contribution >= 4 is 34.0 Å². The Bertz CT molecular complexity index is 1110. The summed E-state index contributed by atoms with van der Waals surface area (Å²) in [6.07, 6.45) is 2.24. The van der Waals surface area contributed by atoms with Crippen molar-refractivity contribution in [3.63, 3.8) is 0 Å². The monoisotopic (exact) mass is 377 g/mol. The van der Waals surface area contributed by atoms with Gasteiger partial charge in [0.05, 0.1) is 22.4 Å². The van der Waals surface area contributed by atoms with E-state index >= 15 is 0 Å². The maximum absolute atomic E-state index is 13.1. The zero-order chi connectivity index (χ0) is 18.2. The molecule has 4 heterocycles. The minimum atomic E-state index is -0.251. The molecule has 0 radical (unpaired) electrons. The second-order valence-electron chi connectivity index (χ2n) is 6.23. The molecule has 3 aromatic heterocycles. The summed E-state index contributed by atoms with van der Waals surface area (Å²) in [6, 6.07) is 15.0. The second kappa shape index (κ2) is 6.48. The molecule has 5 rings (SSSR count). The van der Waals surface area contributed by atoms with Crippen LogP contribution in [0.15, 0.2) is 69.7 Å². The van der Waals surface area contributed by atoms with Crippen LogP contribution in [0.2, 0.25) is 0 Å². The molecular weight excluding hydrogens is 362 g/mol. The van der Waals surface area contributed by atoms with Crippen molar-refractivity contribution in [1.82, 2.24) is 20.0 Å². The van der Waals surface area contributed by atoms with Crippen LogP contribution in [0.1, 0.15) is 23.1 Å². The van der Waals surface area contributed by atoms with Gasteiger partial charge >= 0.3 is 0 Å². The first kappa shape index (κ1) is 16.0. The minimum absolute atomic E-state index is 0.0684. The van der Waals surface area contributed by atoms with Gasteiger partial charge in [-0.1, -0.05) is 23.4 Å². The molecule has 7 nitrogen and oxygen atoms in total. The van der Waals surface area contributed by atoms with Crippen molar-refractivity contribution in [2.24, 2.45) is 5.10 Å². The first-order valence-electron chi connectivity index (χ1n) is 8.54. The number of hydrazone groups is 1. The molecule has 8 heteroatoms. The number of fused-ring (bicyclic) bond motifs is 1. The smallest absolute Gasteiger partial charge is 0.265 e. The Morgan fingerprint density at radius 3 is 2.93 bits per heavy atom. The number of carbonyl (C=O) groups is 1. The van der Waals surface area contributed by atoms with E-state index in [-0.39, 0.29) is 18.5 Å². The van der Waals surface area contributed by atoms with Gasteiger partial charge in [0.15, 0.2) is 0 Å². The lowest BCUT2D eigenvalue weighted by atomic mass is 10.1. The van der Waals surface area contributed by atoms with E-state index in [4.69, 9.17) is 4.42 Å². The molecule has 134 valence electrons. The van der Waals surface area contributed by atoms with E-state index in [9.17, 15) is 4.79 Å².